The lowest BCUT2D eigenvalue weighted by atomic mass is 9.75. The lowest BCUT2D eigenvalue weighted by molar-refractivity contribution is 0.382. The minimum Gasteiger partial charge on any atom is -0.519 e. The fraction of sp³-hybridized carbons (Fsp3) is 0.211. The Hall–Kier alpha value is -2.69. The quantitative estimate of drug-likeness (QED) is 0.670. The number of nitrogens with zero attached hydrogens (tertiary/aromatic N) is 1. The second kappa shape index (κ2) is 6.44. The van der Waals surface area contributed by atoms with Gasteiger partial charge in [-0.15, -0.1) is 0 Å². The van der Waals surface area contributed by atoms with Crippen molar-refractivity contribution in [1.82, 2.24) is 5.16 Å². The molecule has 0 aliphatic carbocycles. The lowest BCUT2D eigenvalue weighted by Crippen LogP contribution is -2.41. The second-order valence-corrected chi connectivity index (χ2v) is 5.85. The van der Waals surface area contributed by atoms with Gasteiger partial charge in [0.15, 0.2) is 0 Å². The molecule has 2 heterocycles. The number of aromatic nitrogens is 1. The van der Waals surface area contributed by atoms with E-state index in [0.717, 1.165) is 53.2 Å². The van der Waals surface area contributed by atoms with Gasteiger partial charge in [-0.25, -0.2) is 0 Å². The first kappa shape index (κ1) is 14.9. The van der Waals surface area contributed by atoms with Gasteiger partial charge in [-0.3, -0.25) is 0 Å². The third-order valence-corrected chi connectivity index (χ3v) is 4.16. The van der Waals surface area contributed by atoms with E-state index in [9.17, 15) is 0 Å². The van der Waals surface area contributed by atoms with Gasteiger partial charge in [0.2, 0.25) is 0 Å². The highest BCUT2D eigenvalue weighted by molar-refractivity contribution is 6.65. The van der Waals surface area contributed by atoms with Crippen molar-refractivity contribution >= 4 is 12.6 Å². The minimum absolute atomic E-state index is 0.518. The van der Waals surface area contributed by atoms with Crippen LogP contribution in [-0.4, -0.2) is 12.3 Å². The Balaban J connectivity index is 1.74. The SMILES string of the molecule is CCCCc1onc(-c2ccccc2)c1B1Oc2ccccc2O1. The van der Waals surface area contributed by atoms with Gasteiger partial charge in [0.25, 0.3) is 0 Å². The zero-order valence-corrected chi connectivity index (χ0v) is 13.6. The van der Waals surface area contributed by atoms with E-state index in [4.69, 9.17) is 13.8 Å². The standard InChI is InChI=1S/C19H18BNO3/c1-2-3-11-17-18(19(21-24-17)14-9-5-4-6-10-14)20-22-15-12-7-8-13-16(15)23-20/h4-10,12-13H,2-3,11H2,1H3. The van der Waals surface area contributed by atoms with Crippen LogP contribution in [0.1, 0.15) is 25.5 Å². The Morgan fingerprint density at radius 1 is 0.917 bits per heavy atom. The smallest absolute Gasteiger partial charge is 0.519 e. The number of unbranched alkanes of at least 4 members (excludes halogenated alkanes) is 1. The number of hydrogen-bond donors (Lipinski definition) is 0. The maximum Gasteiger partial charge on any atom is 0.638 e. The van der Waals surface area contributed by atoms with Crippen molar-refractivity contribution in [2.45, 2.75) is 26.2 Å². The third kappa shape index (κ3) is 2.66. The summed E-state index contributed by atoms with van der Waals surface area (Å²) in [5.74, 6) is 2.35. The van der Waals surface area contributed by atoms with Crippen LogP contribution in [-0.2, 0) is 6.42 Å². The van der Waals surface area contributed by atoms with Gasteiger partial charge in [0.05, 0.1) is 5.46 Å². The molecular weight excluding hydrogens is 301 g/mol. The molecule has 1 aromatic heterocycles. The van der Waals surface area contributed by atoms with Crippen molar-refractivity contribution in [2.24, 2.45) is 0 Å². The number of rotatable bonds is 5. The van der Waals surface area contributed by atoms with Gasteiger partial charge in [-0.2, -0.15) is 0 Å². The molecule has 2 aromatic carbocycles. The van der Waals surface area contributed by atoms with Crippen molar-refractivity contribution in [3.8, 4) is 22.8 Å². The van der Waals surface area contributed by atoms with Gasteiger partial charge in [-0.1, -0.05) is 61.0 Å². The molecule has 0 bridgehead atoms. The largest absolute Gasteiger partial charge is 0.638 e. The van der Waals surface area contributed by atoms with E-state index in [1.807, 2.05) is 54.6 Å². The highest BCUT2D eigenvalue weighted by atomic mass is 16.6. The Morgan fingerprint density at radius 3 is 2.25 bits per heavy atom. The van der Waals surface area contributed by atoms with E-state index in [0.29, 0.717) is 0 Å². The van der Waals surface area contributed by atoms with Gasteiger partial charge in [0, 0.05) is 12.0 Å². The molecule has 1 aliphatic heterocycles. The molecule has 0 radical (unpaired) electrons. The highest BCUT2D eigenvalue weighted by Crippen LogP contribution is 2.33. The summed E-state index contributed by atoms with van der Waals surface area (Å²) in [7, 11) is -0.518. The predicted octanol–water partition coefficient (Wildman–Crippen LogP) is 3.85. The highest BCUT2D eigenvalue weighted by Gasteiger charge is 2.40. The molecule has 0 N–H and O–H groups in total. The van der Waals surface area contributed by atoms with Crippen LogP contribution in [0.5, 0.6) is 11.5 Å². The first-order valence-corrected chi connectivity index (χ1v) is 8.33. The first-order chi connectivity index (χ1) is 11.9. The molecule has 1 aliphatic rings. The van der Waals surface area contributed by atoms with Gasteiger partial charge < -0.3 is 13.8 Å². The molecule has 0 unspecified atom stereocenters. The summed E-state index contributed by atoms with van der Waals surface area (Å²) in [5, 5.41) is 4.31. The van der Waals surface area contributed by atoms with Crippen LogP contribution in [0, 0.1) is 0 Å². The molecule has 0 amide bonds. The molecule has 0 fully saturated rings. The molecule has 0 atom stereocenters. The van der Waals surface area contributed by atoms with Crippen LogP contribution in [0.2, 0.25) is 0 Å². The summed E-state index contributed by atoms with van der Waals surface area (Å²) in [6, 6.07) is 17.7. The van der Waals surface area contributed by atoms with Gasteiger partial charge in [-0.05, 0) is 18.6 Å². The van der Waals surface area contributed by atoms with Crippen molar-refractivity contribution < 1.29 is 13.8 Å². The maximum atomic E-state index is 6.01. The Morgan fingerprint density at radius 2 is 1.58 bits per heavy atom. The zero-order chi connectivity index (χ0) is 16.4. The van der Waals surface area contributed by atoms with Crippen molar-refractivity contribution in [3.63, 3.8) is 0 Å². The van der Waals surface area contributed by atoms with Crippen molar-refractivity contribution in [3.05, 3.63) is 60.4 Å². The summed E-state index contributed by atoms with van der Waals surface area (Å²) in [6.07, 6.45) is 2.95. The molecule has 4 rings (SSSR count). The summed E-state index contributed by atoms with van der Waals surface area (Å²) >= 11 is 0. The van der Waals surface area contributed by atoms with Crippen LogP contribution in [0.3, 0.4) is 0 Å². The monoisotopic (exact) mass is 319 g/mol. The Labute approximate surface area is 141 Å². The van der Waals surface area contributed by atoms with Crippen LogP contribution in [0.25, 0.3) is 11.3 Å². The average Bonchev–Trinajstić information content (AvgIpc) is 3.24. The molecule has 5 heteroatoms. The number of hydrogen-bond acceptors (Lipinski definition) is 4. The Bertz CT molecular complexity index is 807. The number of para-hydroxylation sites is 2. The van der Waals surface area contributed by atoms with E-state index in [2.05, 4.69) is 12.1 Å². The van der Waals surface area contributed by atoms with Gasteiger partial charge in [0.1, 0.15) is 23.0 Å². The van der Waals surface area contributed by atoms with Crippen LogP contribution < -0.4 is 14.8 Å². The van der Waals surface area contributed by atoms with Crippen LogP contribution in [0.15, 0.2) is 59.1 Å². The summed E-state index contributed by atoms with van der Waals surface area (Å²) < 4.78 is 17.7. The second-order valence-electron chi connectivity index (χ2n) is 5.85. The molecular formula is C19H18BNO3. The minimum atomic E-state index is -0.518. The average molecular weight is 319 g/mol. The number of fused-ring (bicyclic) bond motifs is 1. The van der Waals surface area contributed by atoms with Crippen molar-refractivity contribution in [1.29, 1.82) is 0 Å². The number of benzene rings is 2. The fourth-order valence-electron chi connectivity index (χ4n) is 2.91. The van der Waals surface area contributed by atoms with Gasteiger partial charge >= 0.3 is 7.12 Å². The lowest BCUT2D eigenvalue weighted by Gasteiger charge is -2.07. The maximum absolute atomic E-state index is 6.01. The summed E-state index contributed by atoms with van der Waals surface area (Å²) in [4.78, 5) is 0. The fourth-order valence-corrected chi connectivity index (χ4v) is 2.91. The van der Waals surface area contributed by atoms with Crippen LogP contribution in [0.4, 0.5) is 0 Å². The molecule has 0 saturated heterocycles. The molecule has 24 heavy (non-hydrogen) atoms. The first-order valence-electron chi connectivity index (χ1n) is 8.33. The van der Waals surface area contributed by atoms with E-state index in [-0.39, 0.29) is 0 Å². The summed E-state index contributed by atoms with van der Waals surface area (Å²) in [6.45, 7) is 2.16. The van der Waals surface area contributed by atoms with E-state index in [1.54, 1.807) is 0 Å². The topological polar surface area (TPSA) is 44.5 Å². The number of aryl methyl sites for hydroxylation is 1. The predicted molar refractivity (Wildman–Crippen MR) is 93.6 cm³/mol. The summed E-state index contributed by atoms with van der Waals surface area (Å²) in [5.41, 5.74) is 2.69. The zero-order valence-electron chi connectivity index (χ0n) is 13.6. The van der Waals surface area contributed by atoms with E-state index in [1.165, 1.54) is 0 Å². The molecule has 0 spiro atoms. The van der Waals surface area contributed by atoms with Crippen molar-refractivity contribution in [2.75, 3.05) is 0 Å². The molecule has 0 saturated carbocycles. The molecule has 120 valence electrons. The van der Waals surface area contributed by atoms with Crippen LogP contribution >= 0.6 is 0 Å². The molecule has 3 aromatic rings. The van der Waals surface area contributed by atoms with E-state index >= 15 is 0 Å². The Kier molecular flexibility index (Phi) is 3.99. The van der Waals surface area contributed by atoms with E-state index < -0.39 is 7.12 Å². The molecule has 4 nitrogen and oxygen atoms in total. The normalized spacial score (nSPS) is 12.6. The third-order valence-electron chi connectivity index (χ3n) is 4.16.